The van der Waals surface area contributed by atoms with E-state index in [9.17, 15) is 0 Å². The predicted molar refractivity (Wildman–Crippen MR) is 75.2 cm³/mol. The summed E-state index contributed by atoms with van der Waals surface area (Å²) < 4.78 is 10.8. The third-order valence-corrected chi connectivity index (χ3v) is 2.97. The molecule has 3 nitrogen and oxygen atoms in total. The van der Waals surface area contributed by atoms with Crippen molar-refractivity contribution in [3.8, 4) is 11.5 Å². The zero-order chi connectivity index (χ0) is 13.5. The number of hydrogen-bond acceptors (Lipinski definition) is 3. The van der Waals surface area contributed by atoms with Crippen molar-refractivity contribution in [2.45, 2.75) is 39.7 Å². The Bertz CT molecular complexity index is 364. The summed E-state index contributed by atoms with van der Waals surface area (Å²) in [7, 11) is 1.65. The van der Waals surface area contributed by atoms with Gasteiger partial charge < -0.3 is 15.2 Å². The molecule has 1 rings (SSSR count). The molecule has 0 spiro atoms. The first-order valence-corrected chi connectivity index (χ1v) is 6.64. The summed E-state index contributed by atoms with van der Waals surface area (Å²) in [5.41, 5.74) is 7.30. The van der Waals surface area contributed by atoms with Gasteiger partial charge in [-0.3, -0.25) is 0 Å². The summed E-state index contributed by atoms with van der Waals surface area (Å²) in [6, 6.07) is 6.01. The maximum atomic E-state index is 6.19. The molecule has 0 aliphatic heterocycles. The lowest BCUT2D eigenvalue weighted by atomic mass is 9.98. The summed E-state index contributed by atoms with van der Waals surface area (Å²) in [6.45, 7) is 7.02. The highest BCUT2D eigenvalue weighted by Gasteiger charge is 2.11. The predicted octanol–water partition coefficient (Wildman–Crippen LogP) is 3.53. The summed E-state index contributed by atoms with van der Waals surface area (Å²) in [6.07, 6.45) is 2.13. The van der Waals surface area contributed by atoms with Crippen molar-refractivity contribution < 1.29 is 9.47 Å². The van der Waals surface area contributed by atoms with Crippen molar-refractivity contribution in [2.75, 3.05) is 13.7 Å². The van der Waals surface area contributed by atoms with Crippen LogP contribution in [0.15, 0.2) is 18.2 Å². The molecule has 0 aromatic heterocycles. The molecule has 2 N–H and O–H groups in total. The number of rotatable bonds is 7. The van der Waals surface area contributed by atoms with E-state index >= 15 is 0 Å². The monoisotopic (exact) mass is 251 g/mol. The van der Waals surface area contributed by atoms with Gasteiger partial charge in [0, 0.05) is 6.04 Å². The maximum Gasteiger partial charge on any atom is 0.161 e. The molecule has 0 unspecified atom stereocenters. The van der Waals surface area contributed by atoms with E-state index < -0.39 is 0 Å². The van der Waals surface area contributed by atoms with Gasteiger partial charge in [-0.15, -0.1) is 0 Å². The fourth-order valence-corrected chi connectivity index (χ4v) is 1.87. The minimum absolute atomic E-state index is 0.0666. The summed E-state index contributed by atoms with van der Waals surface area (Å²) in [4.78, 5) is 0. The van der Waals surface area contributed by atoms with E-state index in [1.165, 1.54) is 0 Å². The van der Waals surface area contributed by atoms with Crippen LogP contribution in [0.4, 0.5) is 0 Å². The molecule has 0 aliphatic carbocycles. The first-order chi connectivity index (χ1) is 8.58. The zero-order valence-corrected chi connectivity index (χ0v) is 11.9. The van der Waals surface area contributed by atoms with Crippen molar-refractivity contribution in [2.24, 2.45) is 11.7 Å². The van der Waals surface area contributed by atoms with Crippen LogP contribution in [0.25, 0.3) is 0 Å². The molecule has 0 heterocycles. The van der Waals surface area contributed by atoms with Crippen molar-refractivity contribution in [1.29, 1.82) is 0 Å². The number of benzene rings is 1. The normalized spacial score (nSPS) is 12.6. The molecule has 18 heavy (non-hydrogen) atoms. The van der Waals surface area contributed by atoms with E-state index in [-0.39, 0.29) is 6.04 Å². The minimum Gasteiger partial charge on any atom is -0.493 e. The van der Waals surface area contributed by atoms with Crippen LogP contribution < -0.4 is 15.2 Å². The lowest BCUT2D eigenvalue weighted by Crippen LogP contribution is -2.11. The van der Waals surface area contributed by atoms with E-state index in [4.69, 9.17) is 15.2 Å². The second-order valence-electron chi connectivity index (χ2n) is 4.92. The highest BCUT2D eigenvalue weighted by molar-refractivity contribution is 5.43. The van der Waals surface area contributed by atoms with Gasteiger partial charge in [0.2, 0.25) is 0 Å². The number of methoxy groups -OCH3 is 1. The van der Waals surface area contributed by atoms with Gasteiger partial charge in [-0.25, -0.2) is 0 Å². The summed E-state index contributed by atoms with van der Waals surface area (Å²) in [5.74, 6) is 2.22. The SMILES string of the molecule is CCOc1ccc([C@H](N)CCC(C)C)cc1OC. The Hall–Kier alpha value is -1.22. The zero-order valence-electron chi connectivity index (χ0n) is 11.9. The summed E-state index contributed by atoms with van der Waals surface area (Å²) >= 11 is 0. The fourth-order valence-electron chi connectivity index (χ4n) is 1.87. The number of hydrogen-bond donors (Lipinski definition) is 1. The lowest BCUT2D eigenvalue weighted by molar-refractivity contribution is 0.310. The van der Waals surface area contributed by atoms with Crippen LogP contribution >= 0.6 is 0 Å². The van der Waals surface area contributed by atoms with Crippen LogP contribution in [-0.2, 0) is 0 Å². The first kappa shape index (κ1) is 14.8. The van der Waals surface area contributed by atoms with Crippen LogP contribution in [-0.4, -0.2) is 13.7 Å². The smallest absolute Gasteiger partial charge is 0.161 e. The topological polar surface area (TPSA) is 44.5 Å². The molecule has 0 bridgehead atoms. The van der Waals surface area contributed by atoms with Crippen LogP contribution in [0.3, 0.4) is 0 Å². The number of nitrogens with two attached hydrogens (primary N) is 1. The van der Waals surface area contributed by atoms with Crippen molar-refractivity contribution in [3.63, 3.8) is 0 Å². The Morgan fingerprint density at radius 2 is 1.89 bits per heavy atom. The quantitative estimate of drug-likeness (QED) is 0.806. The molecular formula is C15H25NO2. The van der Waals surface area contributed by atoms with Crippen LogP contribution in [0.2, 0.25) is 0 Å². The largest absolute Gasteiger partial charge is 0.493 e. The standard InChI is InChI=1S/C15H25NO2/c1-5-18-14-9-7-12(10-15(14)17-4)13(16)8-6-11(2)3/h7,9-11,13H,5-6,8,16H2,1-4H3/t13-/m1/s1. The maximum absolute atomic E-state index is 6.19. The van der Waals surface area contributed by atoms with Crippen molar-refractivity contribution in [1.82, 2.24) is 0 Å². The van der Waals surface area contributed by atoms with E-state index in [1.54, 1.807) is 7.11 Å². The lowest BCUT2D eigenvalue weighted by Gasteiger charge is -2.16. The Balaban J connectivity index is 2.77. The Morgan fingerprint density at radius 3 is 2.44 bits per heavy atom. The highest BCUT2D eigenvalue weighted by atomic mass is 16.5. The van der Waals surface area contributed by atoms with Gasteiger partial charge in [0.05, 0.1) is 13.7 Å². The Labute approximate surface area is 110 Å². The van der Waals surface area contributed by atoms with Crippen LogP contribution in [0.5, 0.6) is 11.5 Å². The van der Waals surface area contributed by atoms with Crippen molar-refractivity contribution >= 4 is 0 Å². The van der Waals surface area contributed by atoms with Crippen LogP contribution in [0.1, 0.15) is 45.2 Å². The van der Waals surface area contributed by atoms with Gasteiger partial charge >= 0.3 is 0 Å². The van der Waals surface area contributed by atoms with E-state index in [1.807, 2.05) is 25.1 Å². The van der Waals surface area contributed by atoms with E-state index in [0.717, 1.165) is 29.9 Å². The average Bonchev–Trinajstić information content (AvgIpc) is 2.36. The third kappa shape index (κ3) is 4.22. The molecule has 1 aromatic carbocycles. The van der Waals surface area contributed by atoms with E-state index in [2.05, 4.69) is 13.8 Å². The van der Waals surface area contributed by atoms with Crippen molar-refractivity contribution in [3.05, 3.63) is 23.8 Å². The minimum atomic E-state index is 0.0666. The van der Waals surface area contributed by atoms with Gasteiger partial charge in [-0.05, 0) is 43.4 Å². The second-order valence-corrected chi connectivity index (χ2v) is 4.92. The molecule has 0 fully saturated rings. The molecular weight excluding hydrogens is 226 g/mol. The number of ether oxygens (including phenoxy) is 2. The first-order valence-electron chi connectivity index (χ1n) is 6.64. The molecule has 0 amide bonds. The van der Waals surface area contributed by atoms with Gasteiger partial charge in [0.25, 0.3) is 0 Å². The average molecular weight is 251 g/mol. The Morgan fingerprint density at radius 1 is 1.17 bits per heavy atom. The summed E-state index contributed by atoms with van der Waals surface area (Å²) in [5, 5.41) is 0. The van der Waals surface area contributed by atoms with Crippen LogP contribution in [0, 0.1) is 5.92 Å². The molecule has 0 saturated carbocycles. The molecule has 102 valence electrons. The van der Waals surface area contributed by atoms with Gasteiger partial charge in [0.15, 0.2) is 11.5 Å². The Kier molecular flexibility index (Phi) is 5.99. The molecule has 0 saturated heterocycles. The van der Waals surface area contributed by atoms with Gasteiger partial charge in [-0.1, -0.05) is 19.9 Å². The second kappa shape index (κ2) is 7.27. The highest BCUT2D eigenvalue weighted by Crippen LogP contribution is 2.31. The molecule has 3 heteroatoms. The third-order valence-electron chi connectivity index (χ3n) is 2.97. The fraction of sp³-hybridized carbons (Fsp3) is 0.600. The van der Waals surface area contributed by atoms with Gasteiger partial charge in [-0.2, -0.15) is 0 Å². The molecule has 0 radical (unpaired) electrons. The molecule has 1 aromatic rings. The van der Waals surface area contributed by atoms with E-state index in [0.29, 0.717) is 12.5 Å². The molecule has 1 atom stereocenters. The molecule has 0 aliphatic rings. The van der Waals surface area contributed by atoms with Gasteiger partial charge in [0.1, 0.15) is 0 Å².